The lowest BCUT2D eigenvalue weighted by molar-refractivity contribution is 0.473. The van der Waals surface area contributed by atoms with Crippen LogP contribution in [0, 0.1) is 6.92 Å². The van der Waals surface area contributed by atoms with Gasteiger partial charge in [-0.3, -0.25) is 4.98 Å². The van der Waals surface area contributed by atoms with Gasteiger partial charge in [0.05, 0.1) is 12.2 Å². The van der Waals surface area contributed by atoms with Gasteiger partial charge in [-0.15, -0.1) is 0 Å². The molecule has 3 aromatic heterocycles. The van der Waals surface area contributed by atoms with Gasteiger partial charge >= 0.3 is 0 Å². The molecular weight excluding hydrogens is 310 g/mol. The fraction of sp³-hybridized carbons (Fsp3) is 0.350. The summed E-state index contributed by atoms with van der Waals surface area (Å²) in [7, 11) is 0. The summed E-state index contributed by atoms with van der Waals surface area (Å²) in [5.74, 6) is 2.69. The molecule has 5 nitrogen and oxygen atoms in total. The van der Waals surface area contributed by atoms with Gasteiger partial charge in [-0.1, -0.05) is 12.1 Å². The van der Waals surface area contributed by atoms with Crippen LogP contribution in [0.2, 0.25) is 0 Å². The van der Waals surface area contributed by atoms with E-state index in [9.17, 15) is 0 Å². The average molecular weight is 333 g/mol. The molecule has 0 aliphatic carbocycles. The van der Waals surface area contributed by atoms with Crippen molar-refractivity contribution in [2.45, 2.75) is 32.2 Å². The Morgan fingerprint density at radius 3 is 2.80 bits per heavy atom. The summed E-state index contributed by atoms with van der Waals surface area (Å²) < 4.78 is 2.24. The Hall–Kier alpha value is -2.69. The predicted octanol–water partition coefficient (Wildman–Crippen LogP) is 3.41. The van der Waals surface area contributed by atoms with Gasteiger partial charge in [0, 0.05) is 43.8 Å². The van der Waals surface area contributed by atoms with E-state index in [-0.39, 0.29) is 0 Å². The number of pyridine rings is 2. The lowest BCUT2D eigenvalue weighted by Crippen LogP contribution is -2.36. The van der Waals surface area contributed by atoms with Gasteiger partial charge in [0.25, 0.3) is 0 Å². The highest BCUT2D eigenvalue weighted by molar-refractivity contribution is 5.46. The first-order chi connectivity index (χ1) is 12.3. The molecular formula is C20H23N5. The van der Waals surface area contributed by atoms with Crippen molar-refractivity contribution in [3.8, 4) is 0 Å². The number of piperidine rings is 1. The van der Waals surface area contributed by atoms with E-state index in [4.69, 9.17) is 0 Å². The van der Waals surface area contributed by atoms with Crippen LogP contribution in [0.4, 0.5) is 5.82 Å². The molecule has 1 atom stereocenters. The van der Waals surface area contributed by atoms with Crippen molar-refractivity contribution in [1.82, 2.24) is 19.5 Å². The lowest BCUT2D eigenvalue weighted by Gasteiger charge is -2.34. The Labute approximate surface area is 148 Å². The Balaban J connectivity index is 1.54. The number of aryl methyl sites for hydroxylation is 1. The number of hydrogen-bond donors (Lipinski definition) is 0. The van der Waals surface area contributed by atoms with E-state index in [0.717, 1.165) is 43.4 Å². The van der Waals surface area contributed by atoms with Crippen LogP contribution in [0.5, 0.6) is 0 Å². The topological polar surface area (TPSA) is 46.8 Å². The molecule has 0 radical (unpaired) electrons. The maximum Gasteiger partial charge on any atom is 0.131 e. The second-order valence-electron chi connectivity index (χ2n) is 6.66. The molecule has 0 bridgehead atoms. The van der Waals surface area contributed by atoms with Crippen LogP contribution in [0.25, 0.3) is 0 Å². The highest BCUT2D eigenvalue weighted by Crippen LogP contribution is 2.29. The Morgan fingerprint density at radius 1 is 1.04 bits per heavy atom. The van der Waals surface area contributed by atoms with Crippen molar-refractivity contribution in [1.29, 1.82) is 0 Å². The Kier molecular flexibility index (Phi) is 4.46. The zero-order valence-corrected chi connectivity index (χ0v) is 14.5. The van der Waals surface area contributed by atoms with Crippen molar-refractivity contribution < 1.29 is 0 Å². The van der Waals surface area contributed by atoms with E-state index in [1.807, 2.05) is 36.8 Å². The minimum atomic E-state index is 0.425. The minimum Gasteiger partial charge on any atom is -0.356 e. The molecule has 0 N–H and O–H groups in total. The zero-order chi connectivity index (χ0) is 17.1. The summed E-state index contributed by atoms with van der Waals surface area (Å²) in [6.45, 7) is 4.94. The van der Waals surface area contributed by atoms with E-state index in [1.54, 1.807) is 0 Å². The van der Waals surface area contributed by atoms with E-state index >= 15 is 0 Å². The maximum absolute atomic E-state index is 4.67. The molecule has 5 heteroatoms. The summed E-state index contributed by atoms with van der Waals surface area (Å²) in [6.07, 6.45) is 10.0. The van der Waals surface area contributed by atoms with Crippen molar-refractivity contribution in [3.05, 3.63) is 72.2 Å². The third-order valence-electron chi connectivity index (χ3n) is 4.87. The predicted molar refractivity (Wildman–Crippen MR) is 98.7 cm³/mol. The van der Waals surface area contributed by atoms with Gasteiger partial charge in [-0.2, -0.15) is 0 Å². The standard InChI is InChI=1S/C20H23N5/c1-16-6-4-10-22-19(16)24-12-5-7-17(14-24)20-23-11-13-25(20)15-18-8-2-3-9-21-18/h2-4,6,8-11,13,17H,5,7,12,14-15H2,1H3/t17-/m0/s1. The first kappa shape index (κ1) is 15.8. The molecule has 1 saturated heterocycles. The summed E-state index contributed by atoms with van der Waals surface area (Å²) in [6, 6.07) is 10.2. The molecule has 3 aromatic rings. The molecule has 0 aromatic carbocycles. The van der Waals surface area contributed by atoms with Crippen LogP contribution >= 0.6 is 0 Å². The van der Waals surface area contributed by atoms with Gasteiger partial charge < -0.3 is 9.47 Å². The molecule has 1 aliphatic rings. The van der Waals surface area contributed by atoms with E-state index in [2.05, 4.69) is 49.7 Å². The van der Waals surface area contributed by atoms with E-state index in [1.165, 1.54) is 12.0 Å². The van der Waals surface area contributed by atoms with Gasteiger partial charge in [-0.25, -0.2) is 9.97 Å². The number of hydrogen-bond acceptors (Lipinski definition) is 4. The summed E-state index contributed by atoms with van der Waals surface area (Å²) >= 11 is 0. The first-order valence-corrected chi connectivity index (χ1v) is 8.89. The first-order valence-electron chi connectivity index (χ1n) is 8.89. The fourth-order valence-electron chi connectivity index (χ4n) is 3.67. The lowest BCUT2D eigenvalue weighted by atomic mass is 9.96. The second kappa shape index (κ2) is 7.05. The van der Waals surface area contributed by atoms with Crippen molar-refractivity contribution >= 4 is 5.82 Å². The number of nitrogens with zero attached hydrogens (tertiary/aromatic N) is 5. The fourth-order valence-corrected chi connectivity index (χ4v) is 3.67. The Bertz CT molecular complexity index is 827. The molecule has 0 unspecified atom stereocenters. The molecule has 128 valence electrons. The van der Waals surface area contributed by atoms with Gasteiger partial charge in [-0.05, 0) is 43.5 Å². The quantitative estimate of drug-likeness (QED) is 0.734. The number of aromatic nitrogens is 4. The summed E-state index contributed by atoms with van der Waals surface area (Å²) in [5, 5.41) is 0. The third-order valence-corrected chi connectivity index (χ3v) is 4.87. The van der Waals surface area contributed by atoms with Crippen LogP contribution in [-0.4, -0.2) is 32.6 Å². The third kappa shape index (κ3) is 3.40. The monoisotopic (exact) mass is 333 g/mol. The molecule has 4 rings (SSSR count). The number of imidazole rings is 1. The van der Waals surface area contributed by atoms with E-state index < -0.39 is 0 Å². The normalized spacial score (nSPS) is 17.6. The highest BCUT2D eigenvalue weighted by Gasteiger charge is 2.26. The molecule has 4 heterocycles. The van der Waals surface area contributed by atoms with Crippen LogP contribution < -0.4 is 4.90 Å². The molecule has 0 amide bonds. The average Bonchev–Trinajstić information content (AvgIpc) is 3.11. The van der Waals surface area contributed by atoms with Crippen LogP contribution in [0.1, 0.15) is 35.8 Å². The van der Waals surface area contributed by atoms with Crippen LogP contribution in [-0.2, 0) is 6.54 Å². The van der Waals surface area contributed by atoms with Gasteiger partial charge in [0.1, 0.15) is 11.6 Å². The molecule has 0 saturated carbocycles. The van der Waals surface area contributed by atoms with Crippen LogP contribution in [0.15, 0.2) is 55.1 Å². The van der Waals surface area contributed by atoms with Crippen molar-refractivity contribution in [2.24, 2.45) is 0 Å². The molecule has 25 heavy (non-hydrogen) atoms. The smallest absolute Gasteiger partial charge is 0.131 e. The minimum absolute atomic E-state index is 0.425. The Morgan fingerprint density at radius 2 is 1.96 bits per heavy atom. The van der Waals surface area contributed by atoms with Crippen molar-refractivity contribution in [3.63, 3.8) is 0 Å². The molecule has 1 aliphatic heterocycles. The number of rotatable bonds is 4. The van der Waals surface area contributed by atoms with Crippen LogP contribution in [0.3, 0.4) is 0 Å². The van der Waals surface area contributed by atoms with Gasteiger partial charge in [0.2, 0.25) is 0 Å². The summed E-state index contributed by atoms with van der Waals surface area (Å²) in [5.41, 5.74) is 2.30. The zero-order valence-electron chi connectivity index (χ0n) is 14.5. The molecule has 1 fully saturated rings. The number of anilines is 1. The largest absolute Gasteiger partial charge is 0.356 e. The second-order valence-corrected chi connectivity index (χ2v) is 6.66. The van der Waals surface area contributed by atoms with Crippen molar-refractivity contribution in [2.75, 3.05) is 18.0 Å². The highest BCUT2D eigenvalue weighted by atomic mass is 15.2. The van der Waals surface area contributed by atoms with E-state index in [0.29, 0.717) is 5.92 Å². The molecule has 0 spiro atoms. The van der Waals surface area contributed by atoms with Gasteiger partial charge in [0.15, 0.2) is 0 Å². The summed E-state index contributed by atoms with van der Waals surface area (Å²) in [4.78, 5) is 16.1. The SMILES string of the molecule is Cc1cccnc1N1CCC[C@H](c2nccn2Cc2ccccn2)C1. The maximum atomic E-state index is 4.67.